The maximum absolute atomic E-state index is 11.7. The lowest BCUT2D eigenvalue weighted by molar-refractivity contribution is -0.124. The van der Waals surface area contributed by atoms with Crippen LogP contribution in [0.3, 0.4) is 0 Å². The van der Waals surface area contributed by atoms with E-state index in [2.05, 4.69) is 22.6 Å². The summed E-state index contributed by atoms with van der Waals surface area (Å²) in [5.74, 6) is 0.452. The highest BCUT2D eigenvalue weighted by molar-refractivity contribution is 5.79. The molecule has 2 N–H and O–H groups in total. The topological polar surface area (TPSA) is 44.4 Å². The summed E-state index contributed by atoms with van der Waals surface area (Å²) in [5, 5.41) is 6.39. The third-order valence-electron chi connectivity index (χ3n) is 3.20. The molecule has 86 valence electrons. The smallest absolute Gasteiger partial charge is 0.224 e. The highest BCUT2D eigenvalue weighted by atomic mass is 16.1. The van der Waals surface area contributed by atoms with Gasteiger partial charge in [-0.15, -0.1) is 0 Å². The standard InChI is InChI=1S/C11H21N3O/c1-14-7-4-9(8-14)11(15)13-6-5-12-10-2-3-10/h9-10,12H,2-8H2,1H3,(H,13,15). The van der Waals surface area contributed by atoms with Crippen molar-refractivity contribution in [3.63, 3.8) is 0 Å². The molecule has 1 saturated carbocycles. The van der Waals surface area contributed by atoms with Gasteiger partial charge in [-0.2, -0.15) is 0 Å². The Morgan fingerprint density at radius 3 is 2.73 bits per heavy atom. The maximum atomic E-state index is 11.7. The number of likely N-dealkylation sites (tertiary alicyclic amines) is 1. The van der Waals surface area contributed by atoms with Crippen LogP contribution >= 0.6 is 0 Å². The van der Waals surface area contributed by atoms with Crippen LogP contribution in [-0.4, -0.2) is 50.1 Å². The van der Waals surface area contributed by atoms with E-state index in [1.54, 1.807) is 0 Å². The fourth-order valence-electron chi connectivity index (χ4n) is 2.04. The van der Waals surface area contributed by atoms with E-state index in [0.29, 0.717) is 0 Å². The SMILES string of the molecule is CN1CCC(C(=O)NCCNC2CC2)C1. The van der Waals surface area contributed by atoms with Crippen molar-refractivity contribution in [3.05, 3.63) is 0 Å². The summed E-state index contributed by atoms with van der Waals surface area (Å²) in [5.41, 5.74) is 0. The second-order valence-electron chi connectivity index (χ2n) is 4.77. The number of carbonyl (C=O) groups excluding carboxylic acids is 1. The summed E-state index contributed by atoms with van der Waals surface area (Å²) < 4.78 is 0. The van der Waals surface area contributed by atoms with E-state index in [4.69, 9.17) is 0 Å². The van der Waals surface area contributed by atoms with Crippen molar-refractivity contribution >= 4 is 5.91 Å². The van der Waals surface area contributed by atoms with Crippen molar-refractivity contribution in [1.29, 1.82) is 0 Å². The van der Waals surface area contributed by atoms with Gasteiger partial charge in [0.05, 0.1) is 5.92 Å². The first-order valence-electron chi connectivity index (χ1n) is 5.95. The fraction of sp³-hybridized carbons (Fsp3) is 0.909. The molecule has 0 spiro atoms. The highest BCUT2D eigenvalue weighted by Crippen LogP contribution is 2.18. The Morgan fingerprint density at radius 1 is 1.33 bits per heavy atom. The second kappa shape index (κ2) is 4.94. The van der Waals surface area contributed by atoms with Crippen LogP contribution < -0.4 is 10.6 Å². The molecule has 1 aliphatic carbocycles. The number of nitrogens with zero attached hydrogens (tertiary/aromatic N) is 1. The Hall–Kier alpha value is -0.610. The molecule has 1 unspecified atom stereocenters. The van der Waals surface area contributed by atoms with Crippen molar-refractivity contribution in [1.82, 2.24) is 15.5 Å². The number of hydrogen-bond donors (Lipinski definition) is 2. The molecule has 1 aliphatic heterocycles. The van der Waals surface area contributed by atoms with Crippen LogP contribution in [0.2, 0.25) is 0 Å². The van der Waals surface area contributed by atoms with Crippen LogP contribution in [0, 0.1) is 5.92 Å². The average molecular weight is 211 g/mol. The lowest BCUT2D eigenvalue weighted by Gasteiger charge is -2.11. The minimum Gasteiger partial charge on any atom is -0.355 e. The minimum atomic E-state index is 0.218. The first-order valence-corrected chi connectivity index (χ1v) is 5.95. The average Bonchev–Trinajstić information content (AvgIpc) is 2.94. The molecule has 0 aromatic rings. The van der Waals surface area contributed by atoms with Crippen LogP contribution in [0.1, 0.15) is 19.3 Å². The van der Waals surface area contributed by atoms with E-state index < -0.39 is 0 Å². The summed E-state index contributed by atoms with van der Waals surface area (Å²) in [6.07, 6.45) is 3.63. The van der Waals surface area contributed by atoms with Crippen molar-refractivity contribution in [2.45, 2.75) is 25.3 Å². The summed E-state index contributed by atoms with van der Waals surface area (Å²) in [6, 6.07) is 0.736. The van der Waals surface area contributed by atoms with E-state index in [9.17, 15) is 4.79 Å². The molecule has 15 heavy (non-hydrogen) atoms. The monoisotopic (exact) mass is 211 g/mol. The summed E-state index contributed by atoms with van der Waals surface area (Å²) in [6.45, 7) is 3.66. The zero-order chi connectivity index (χ0) is 10.7. The third-order valence-corrected chi connectivity index (χ3v) is 3.20. The quantitative estimate of drug-likeness (QED) is 0.619. The summed E-state index contributed by atoms with van der Waals surface area (Å²) in [4.78, 5) is 13.9. The lowest BCUT2D eigenvalue weighted by atomic mass is 10.1. The van der Waals surface area contributed by atoms with Gasteiger partial charge in [-0.1, -0.05) is 0 Å². The number of nitrogens with one attached hydrogen (secondary N) is 2. The number of rotatable bonds is 5. The normalized spacial score (nSPS) is 26.9. The molecule has 2 rings (SSSR count). The Labute approximate surface area is 91.4 Å². The molecule has 1 saturated heterocycles. The molecule has 1 amide bonds. The molecule has 1 heterocycles. The molecule has 0 aromatic carbocycles. The van der Waals surface area contributed by atoms with Gasteiger partial charge in [0.15, 0.2) is 0 Å². The number of hydrogen-bond acceptors (Lipinski definition) is 3. The van der Waals surface area contributed by atoms with Crippen LogP contribution in [0.15, 0.2) is 0 Å². The van der Waals surface area contributed by atoms with Crippen LogP contribution in [0.25, 0.3) is 0 Å². The van der Waals surface area contributed by atoms with Gasteiger partial charge in [0.2, 0.25) is 5.91 Å². The van der Waals surface area contributed by atoms with Gasteiger partial charge >= 0.3 is 0 Å². The molecule has 0 bridgehead atoms. The van der Waals surface area contributed by atoms with E-state index in [-0.39, 0.29) is 11.8 Å². The third kappa shape index (κ3) is 3.47. The molecule has 2 fully saturated rings. The van der Waals surface area contributed by atoms with E-state index >= 15 is 0 Å². The molecule has 2 aliphatic rings. The zero-order valence-electron chi connectivity index (χ0n) is 9.46. The Balaban J connectivity index is 1.55. The molecule has 0 radical (unpaired) electrons. The van der Waals surface area contributed by atoms with Gasteiger partial charge in [-0.3, -0.25) is 4.79 Å². The fourth-order valence-corrected chi connectivity index (χ4v) is 2.04. The van der Waals surface area contributed by atoms with E-state index in [1.807, 2.05) is 0 Å². The van der Waals surface area contributed by atoms with Crippen LogP contribution in [-0.2, 0) is 4.79 Å². The summed E-state index contributed by atoms with van der Waals surface area (Å²) >= 11 is 0. The van der Waals surface area contributed by atoms with Gasteiger partial charge in [0, 0.05) is 25.7 Å². The van der Waals surface area contributed by atoms with Gasteiger partial charge in [0.25, 0.3) is 0 Å². The van der Waals surface area contributed by atoms with Crippen molar-refractivity contribution in [3.8, 4) is 0 Å². The number of carbonyl (C=O) groups is 1. The van der Waals surface area contributed by atoms with Crippen molar-refractivity contribution in [2.75, 3.05) is 33.2 Å². The molecular formula is C11H21N3O. The van der Waals surface area contributed by atoms with Gasteiger partial charge in [0.1, 0.15) is 0 Å². The Kier molecular flexibility index (Phi) is 3.59. The van der Waals surface area contributed by atoms with Crippen molar-refractivity contribution < 1.29 is 4.79 Å². The largest absolute Gasteiger partial charge is 0.355 e. The van der Waals surface area contributed by atoms with Gasteiger partial charge in [-0.25, -0.2) is 0 Å². The zero-order valence-corrected chi connectivity index (χ0v) is 9.46. The first kappa shape index (κ1) is 10.9. The lowest BCUT2D eigenvalue weighted by Crippen LogP contribution is -2.37. The predicted octanol–water partition coefficient (Wildman–Crippen LogP) is -0.194. The van der Waals surface area contributed by atoms with E-state index in [0.717, 1.165) is 38.6 Å². The number of amides is 1. The Bertz CT molecular complexity index is 228. The highest BCUT2D eigenvalue weighted by Gasteiger charge is 2.25. The maximum Gasteiger partial charge on any atom is 0.224 e. The molecule has 4 nitrogen and oxygen atoms in total. The van der Waals surface area contributed by atoms with Gasteiger partial charge in [-0.05, 0) is 32.9 Å². The molecular weight excluding hydrogens is 190 g/mol. The molecule has 0 aromatic heterocycles. The van der Waals surface area contributed by atoms with Crippen LogP contribution in [0.5, 0.6) is 0 Å². The minimum absolute atomic E-state index is 0.218. The van der Waals surface area contributed by atoms with Crippen molar-refractivity contribution in [2.24, 2.45) is 5.92 Å². The predicted molar refractivity (Wildman–Crippen MR) is 59.6 cm³/mol. The first-order chi connectivity index (χ1) is 7.25. The summed E-state index contributed by atoms with van der Waals surface area (Å²) in [7, 11) is 2.07. The van der Waals surface area contributed by atoms with Gasteiger partial charge < -0.3 is 15.5 Å². The Morgan fingerprint density at radius 2 is 2.13 bits per heavy atom. The molecule has 1 atom stereocenters. The second-order valence-corrected chi connectivity index (χ2v) is 4.77. The van der Waals surface area contributed by atoms with E-state index in [1.165, 1.54) is 12.8 Å². The molecule has 4 heteroatoms. The van der Waals surface area contributed by atoms with Crippen LogP contribution in [0.4, 0.5) is 0 Å².